The summed E-state index contributed by atoms with van der Waals surface area (Å²) < 4.78 is 0. The number of anilines is 1. The lowest BCUT2D eigenvalue weighted by molar-refractivity contribution is -0.125. The Kier molecular flexibility index (Phi) is 2.72. The van der Waals surface area contributed by atoms with Crippen molar-refractivity contribution in [2.45, 2.75) is 6.54 Å². The number of carbonyl (C=O) groups is 2. The average Bonchev–Trinajstić information content (AvgIpc) is 2.62. The fraction of sp³-hybridized carbons (Fsp3) is 0.300. The summed E-state index contributed by atoms with van der Waals surface area (Å²) in [6.07, 6.45) is 1.64. The second kappa shape index (κ2) is 4.18. The zero-order valence-corrected chi connectivity index (χ0v) is 8.86. The largest absolute Gasteiger partial charge is 0.373 e. The SMILES string of the molecule is CNc1ccc(CN2C(=O)CNC2=O)cn1. The number of urea groups is 1. The third-order valence-corrected chi connectivity index (χ3v) is 2.36. The van der Waals surface area contributed by atoms with Crippen molar-refractivity contribution >= 4 is 17.8 Å². The number of pyridine rings is 1. The summed E-state index contributed by atoms with van der Waals surface area (Å²) in [7, 11) is 1.78. The molecule has 0 bridgehead atoms. The Morgan fingerprint density at radius 3 is 2.81 bits per heavy atom. The topological polar surface area (TPSA) is 74.3 Å². The molecule has 1 aliphatic heterocycles. The number of imide groups is 1. The van der Waals surface area contributed by atoms with E-state index in [1.807, 2.05) is 6.07 Å². The number of hydrogen-bond acceptors (Lipinski definition) is 4. The van der Waals surface area contributed by atoms with Crippen LogP contribution in [0.3, 0.4) is 0 Å². The molecule has 0 atom stereocenters. The molecule has 0 saturated carbocycles. The van der Waals surface area contributed by atoms with Gasteiger partial charge in [-0.2, -0.15) is 0 Å². The molecule has 6 heteroatoms. The summed E-state index contributed by atoms with van der Waals surface area (Å²) in [6, 6.07) is 3.29. The van der Waals surface area contributed by atoms with E-state index in [0.29, 0.717) is 0 Å². The maximum absolute atomic E-state index is 11.3. The van der Waals surface area contributed by atoms with Crippen LogP contribution in [0.15, 0.2) is 18.3 Å². The van der Waals surface area contributed by atoms with Crippen LogP contribution in [0.25, 0.3) is 0 Å². The van der Waals surface area contributed by atoms with Gasteiger partial charge >= 0.3 is 6.03 Å². The molecule has 2 rings (SSSR count). The molecule has 0 radical (unpaired) electrons. The van der Waals surface area contributed by atoms with Gasteiger partial charge in [-0.25, -0.2) is 9.78 Å². The van der Waals surface area contributed by atoms with Crippen molar-refractivity contribution in [1.29, 1.82) is 0 Å². The van der Waals surface area contributed by atoms with E-state index < -0.39 is 0 Å². The molecule has 1 aromatic heterocycles. The molecular weight excluding hydrogens is 208 g/mol. The highest BCUT2D eigenvalue weighted by atomic mass is 16.2. The maximum Gasteiger partial charge on any atom is 0.324 e. The molecule has 2 N–H and O–H groups in total. The van der Waals surface area contributed by atoms with E-state index in [-0.39, 0.29) is 25.0 Å². The normalized spacial score (nSPS) is 15.2. The van der Waals surface area contributed by atoms with Crippen LogP contribution in [0.4, 0.5) is 10.6 Å². The molecule has 84 valence electrons. The molecule has 1 fully saturated rings. The van der Waals surface area contributed by atoms with Crippen LogP contribution in [-0.4, -0.2) is 35.4 Å². The van der Waals surface area contributed by atoms with E-state index in [9.17, 15) is 9.59 Å². The minimum Gasteiger partial charge on any atom is -0.373 e. The summed E-state index contributed by atoms with van der Waals surface area (Å²) in [5.41, 5.74) is 0.824. The van der Waals surface area contributed by atoms with E-state index in [0.717, 1.165) is 11.4 Å². The predicted molar refractivity (Wildman–Crippen MR) is 57.7 cm³/mol. The van der Waals surface area contributed by atoms with Crippen molar-refractivity contribution in [3.8, 4) is 0 Å². The molecule has 0 aromatic carbocycles. The lowest BCUT2D eigenvalue weighted by Crippen LogP contribution is -2.30. The standard InChI is InChI=1S/C10H12N4O2/c1-11-8-3-2-7(4-12-8)6-14-9(15)5-13-10(14)16/h2-4H,5-6H2,1H3,(H,11,12)(H,13,16). The van der Waals surface area contributed by atoms with Gasteiger partial charge in [0.2, 0.25) is 5.91 Å². The van der Waals surface area contributed by atoms with Crippen LogP contribution < -0.4 is 10.6 Å². The van der Waals surface area contributed by atoms with Crippen molar-refractivity contribution in [3.05, 3.63) is 23.9 Å². The molecule has 2 heterocycles. The van der Waals surface area contributed by atoms with Gasteiger partial charge < -0.3 is 10.6 Å². The highest BCUT2D eigenvalue weighted by Crippen LogP contribution is 2.09. The summed E-state index contributed by atoms with van der Waals surface area (Å²) in [6.45, 7) is 0.350. The molecule has 0 spiro atoms. The van der Waals surface area contributed by atoms with Crippen LogP contribution in [-0.2, 0) is 11.3 Å². The Bertz CT molecular complexity index is 399. The van der Waals surface area contributed by atoms with Gasteiger partial charge in [-0.1, -0.05) is 6.07 Å². The number of nitrogens with zero attached hydrogens (tertiary/aromatic N) is 2. The lowest BCUT2D eigenvalue weighted by atomic mass is 10.2. The fourth-order valence-corrected chi connectivity index (χ4v) is 1.46. The molecular formula is C10H12N4O2. The highest BCUT2D eigenvalue weighted by Gasteiger charge is 2.28. The minimum atomic E-state index is -0.345. The molecule has 0 unspecified atom stereocenters. The van der Waals surface area contributed by atoms with Crippen molar-refractivity contribution in [2.24, 2.45) is 0 Å². The molecule has 1 aliphatic rings. The van der Waals surface area contributed by atoms with Gasteiger partial charge in [0.1, 0.15) is 5.82 Å². The summed E-state index contributed by atoms with van der Waals surface area (Å²) >= 11 is 0. The van der Waals surface area contributed by atoms with E-state index in [1.165, 1.54) is 4.90 Å². The summed E-state index contributed by atoms with van der Waals surface area (Å²) in [5.74, 6) is 0.545. The lowest BCUT2D eigenvalue weighted by Gasteiger charge is -2.12. The molecule has 1 saturated heterocycles. The van der Waals surface area contributed by atoms with Crippen molar-refractivity contribution in [1.82, 2.24) is 15.2 Å². The quantitative estimate of drug-likeness (QED) is 0.712. The third kappa shape index (κ3) is 1.95. The number of carbonyl (C=O) groups excluding carboxylic acids is 2. The van der Waals surface area contributed by atoms with Crippen LogP contribution in [0.2, 0.25) is 0 Å². The summed E-state index contributed by atoms with van der Waals surface area (Å²) in [5, 5.41) is 5.36. The van der Waals surface area contributed by atoms with E-state index in [2.05, 4.69) is 15.6 Å². The zero-order valence-electron chi connectivity index (χ0n) is 8.86. The predicted octanol–water partition coefficient (Wildman–Crippen LogP) is 0.175. The number of aromatic nitrogens is 1. The van der Waals surface area contributed by atoms with Gasteiger partial charge in [0.15, 0.2) is 0 Å². The molecule has 0 aliphatic carbocycles. The zero-order chi connectivity index (χ0) is 11.5. The monoisotopic (exact) mass is 220 g/mol. The Morgan fingerprint density at radius 1 is 1.50 bits per heavy atom. The van der Waals surface area contributed by atoms with E-state index in [1.54, 1.807) is 19.3 Å². The van der Waals surface area contributed by atoms with E-state index >= 15 is 0 Å². The van der Waals surface area contributed by atoms with Crippen LogP contribution in [0, 0.1) is 0 Å². The Morgan fingerprint density at radius 2 is 2.31 bits per heavy atom. The average molecular weight is 220 g/mol. The first-order valence-electron chi connectivity index (χ1n) is 4.91. The van der Waals surface area contributed by atoms with Crippen molar-refractivity contribution in [2.75, 3.05) is 18.9 Å². The second-order valence-electron chi connectivity index (χ2n) is 3.44. The van der Waals surface area contributed by atoms with Gasteiger partial charge in [-0.15, -0.1) is 0 Å². The van der Waals surface area contributed by atoms with Gasteiger partial charge in [-0.3, -0.25) is 9.69 Å². The molecule has 16 heavy (non-hydrogen) atoms. The third-order valence-electron chi connectivity index (χ3n) is 2.36. The second-order valence-corrected chi connectivity index (χ2v) is 3.44. The van der Waals surface area contributed by atoms with Crippen LogP contribution in [0.5, 0.6) is 0 Å². The number of amides is 3. The Balaban J connectivity index is 2.08. The van der Waals surface area contributed by atoms with Gasteiger partial charge in [0.25, 0.3) is 0 Å². The molecule has 3 amide bonds. The van der Waals surface area contributed by atoms with Gasteiger partial charge in [0.05, 0.1) is 13.1 Å². The van der Waals surface area contributed by atoms with Gasteiger partial charge in [0, 0.05) is 13.2 Å². The molecule has 6 nitrogen and oxygen atoms in total. The minimum absolute atomic E-state index is 0.0842. The van der Waals surface area contributed by atoms with Crippen molar-refractivity contribution in [3.63, 3.8) is 0 Å². The first-order chi connectivity index (χ1) is 7.70. The highest BCUT2D eigenvalue weighted by molar-refractivity contribution is 6.01. The van der Waals surface area contributed by atoms with Crippen molar-refractivity contribution < 1.29 is 9.59 Å². The van der Waals surface area contributed by atoms with E-state index in [4.69, 9.17) is 0 Å². The summed E-state index contributed by atoms with van der Waals surface area (Å²) in [4.78, 5) is 27.9. The Labute approximate surface area is 92.7 Å². The first-order valence-corrected chi connectivity index (χ1v) is 4.91. The Hall–Kier alpha value is -2.11. The smallest absolute Gasteiger partial charge is 0.324 e. The maximum atomic E-state index is 11.3. The molecule has 1 aromatic rings. The number of nitrogens with one attached hydrogen (secondary N) is 2. The number of hydrogen-bond donors (Lipinski definition) is 2. The first kappa shape index (κ1) is 10.4. The van der Waals surface area contributed by atoms with Gasteiger partial charge in [-0.05, 0) is 11.6 Å². The number of rotatable bonds is 3. The fourth-order valence-electron chi connectivity index (χ4n) is 1.46. The van der Waals surface area contributed by atoms with Crippen LogP contribution in [0.1, 0.15) is 5.56 Å². The van der Waals surface area contributed by atoms with Crippen LogP contribution >= 0.6 is 0 Å².